The average Bonchev–Trinajstić information content (AvgIpc) is 2.91. The SMILES string of the molecule is C[C@@H](Sc1nccn1C1CC1)C(=O)N1CCCC1. The van der Waals surface area contributed by atoms with Crippen LogP contribution in [0.25, 0.3) is 0 Å². The highest BCUT2D eigenvalue weighted by atomic mass is 32.2. The fraction of sp³-hybridized carbons (Fsp3) is 0.692. The Kier molecular flexibility index (Phi) is 3.33. The Morgan fingerprint density at radius 2 is 2.17 bits per heavy atom. The lowest BCUT2D eigenvalue weighted by Gasteiger charge is -2.19. The number of amides is 1. The van der Waals surface area contributed by atoms with Crippen LogP contribution in [0.4, 0.5) is 0 Å². The van der Waals surface area contributed by atoms with Crippen LogP contribution in [0, 0.1) is 0 Å². The molecule has 0 aromatic carbocycles. The van der Waals surface area contributed by atoms with Gasteiger partial charge < -0.3 is 9.47 Å². The maximum Gasteiger partial charge on any atom is 0.235 e. The maximum atomic E-state index is 12.2. The molecule has 2 heterocycles. The van der Waals surface area contributed by atoms with Gasteiger partial charge in [0.1, 0.15) is 0 Å². The molecule has 1 saturated heterocycles. The molecule has 1 aromatic rings. The number of nitrogens with zero attached hydrogens (tertiary/aromatic N) is 3. The number of imidazole rings is 1. The van der Waals surface area contributed by atoms with E-state index in [2.05, 4.69) is 9.55 Å². The Bertz CT molecular complexity index is 435. The maximum absolute atomic E-state index is 12.2. The van der Waals surface area contributed by atoms with E-state index in [1.54, 1.807) is 11.8 Å². The molecule has 0 unspecified atom stereocenters. The number of rotatable bonds is 4. The first kappa shape index (κ1) is 12.1. The Hall–Kier alpha value is -0.970. The highest BCUT2D eigenvalue weighted by Crippen LogP contribution is 2.38. The number of hydrogen-bond donors (Lipinski definition) is 0. The summed E-state index contributed by atoms with van der Waals surface area (Å²) in [7, 11) is 0. The van der Waals surface area contributed by atoms with Crippen molar-refractivity contribution in [1.82, 2.24) is 14.5 Å². The summed E-state index contributed by atoms with van der Waals surface area (Å²) in [6.07, 6.45) is 8.68. The minimum Gasteiger partial charge on any atom is -0.342 e. The minimum absolute atomic E-state index is 0.0250. The van der Waals surface area contributed by atoms with Gasteiger partial charge in [-0.15, -0.1) is 0 Å². The number of carbonyl (C=O) groups is 1. The summed E-state index contributed by atoms with van der Waals surface area (Å²) in [6.45, 7) is 3.86. The average molecular weight is 265 g/mol. The second-order valence-electron chi connectivity index (χ2n) is 5.14. The van der Waals surface area contributed by atoms with E-state index in [4.69, 9.17) is 0 Å². The van der Waals surface area contributed by atoms with Gasteiger partial charge in [-0.1, -0.05) is 11.8 Å². The largest absolute Gasteiger partial charge is 0.342 e. The van der Waals surface area contributed by atoms with Crippen molar-refractivity contribution in [2.24, 2.45) is 0 Å². The summed E-state index contributed by atoms with van der Waals surface area (Å²) < 4.78 is 2.22. The van der Waals surface area contributed by atoms with E-state index in [0.29, 0.717) is 6.04 Å². The quantitative estimate of drug-likeness (QED) is 0.784. The summed E-state index contributed by atoms with van der Waals surface area (Å²) in [5, 5.41) is 0.973. The van der Waals surface area contributed by atoms with Crippen molar-refractivity contribution in [2.75, 3.05) is 13.1 Å². The van der Waals surface area contributed by atoms with Crippen molar-refractivity contribution >= 4 is 17.7 Å². The summed E-state index contributed by atoms with van der Waals surface area (Å²) in [6, 6.07) is 0.629. The molecule has 2 fully saturated rings. The van der Waals surface area contributed by atoms with Gasteiger partial charge in [0.25, 0.3) is 0 Å². The molecule has 3 rings (SSSR count). The van der Waals surface area contributed by atoms with E-state index in [-0.39, 0.29) is 11.2 Å². The zero-order chi connectivity index (χ0) is 12.5. The third-order valence-corrected chi connectivity index (χ3v) is 4.70. The van der Waals surface area contributed by atoms with Crippen molar-refractivity contribution in [3.8, 4) is 0 Å². The van der Waals surface area contributed by atoms with Gasteiger partial charge in [-0.25, -0.2) is 4.98 Å². The third kappa shape index (κ3) is 2.41. The number of hydrogen-bond acceptors (Lipinski definition) is 3. The molecule has 4 nitrogen and oxygen atoms in total. The molecule has 5 heteroatoms. The molecule has 1 saturated carbocycles. The van der Waals surface area contributed by atoms with E-state index in [1.165, 1.54) is 12.8 Å². The van der Waals surface area contributed by atoms with Crippen LogP contribution in [0.15, 0.2) is 17.6 Å². The van der Waals surface area contributed by atoms with Gasteiger partial charge in [0, 0.05) is 31.5 Å². The molecule has 98 valence electrons. The fourth-order valence-corrected chi connectivity index (χ4v) is 3.44. The van der Waals surface area contributed by atoms with Crippen LogP contribution >= 0.6 is 11.8 Å². The Morgan fingerprint density at radius 3 is 2.83 bits per heavy atom. The lowest BCUT2D eigenvalue weighted by atomic mass is 10.4. The Labute approximate surface area is 112 Å². The zero-order valence-corrected chi connectivity index (χ0v) is 11.5. The normalized spacial score (nSPS) is 21.3. The molecule has 1 aliphatic heterocycles. The van der Waals surface area contributed by atoms with Gasteiger partial charge in [-0.3, -0.25) is 4.79 Å². The molecule has 0 radical (unpaired) electrons. The third-order valence-electron chi connectivity index (χ3n) is 3.62. The van der Waals surface area contributed by atoms with Gasteiger partial charge >= 0.3 is 0 Å². The molecule has 0 spiro atoms. The first-order chi connectivity index (χ1) is 8.75. The van der Waals surface area contributed by atoms with E-state index in [9.17, 15) is 4.79 Å². The Balaban J connectivity index is 1.64. The van der Waals surface area contributed by atoms with Gasteiger partial charge in [-0.05, 0) is 32.6 Å². The van der Waals surface area contributed by atoms with Crippen LogP contribution in [0.5, 0.6) is 0 Å². The predicted octanol–water partition coefficient (Wildman–Crippen LogP) is 2.32. The number of carbonyl (C=O) groups excluding carboxylic acids is 1. The fourth-order valence-electron chi connectivity index (χ4n) is 2.42. The van der Waals surface area contributed by atoms with Gasteiger partial charge in [0.2, 0.25) is 5.91 Å². The molecular formula is C13H19N3OS. The molecule has 0 bridgehead atoms. The zero-order valence-electron chi connectivity index (χ0n) is 10.7. The smallest absolute Gasteiger partial charge is 0.235 e. The first-order valence-electron chi connectivity index (χ1n) is 6.74. The highest BCUT2D eigenvalue weighted by Gasteiger charge is 2.29. The van der Waals surface area contributed by atoms with Crippen molar-refractivity contribution in [1.29, 1.82) is 0 Å². The second kappa shape index (κ2) is 4.96. The molecule has 2 aliphatic rings. The van der Waals surface area contributed by atoms with Gasteiger partial charge in [-0.2, -0.15) is 0 Å². The Morgan fingerprint density at radius 1 is 1.44 bits per heavy atom. The van der Waals surface area contributed by atoms with Gasteiger partial charge in [0.15, 0.2) is 5.16 Å². The van der Waals surface area contributed by atoms with Crippen molar-refractivity contribution in [3.05, 3.63) is 12.4 Å². The molecule has 18 heavy (non-hydrogen) atoms. The molecule has 1 amide bonds. The molecule has 1 atom stereocenters. The summed E-state index contributed by atoms with van der Waals surface area (Å²) in [5.74, 6) is 0.267. The minimum atomic E-state index is -0.0250. The lowest BCUT2D eigenvalue weighted by Crippen LogP contribution is -2.34. The molecule has 1 aliphatic carbocycles. The number of thioether (sulfide) groups is 1. The summed E-state index contributed by atoms with van der Waals surface area (Å²) in [4.78, 5) is 18.6. The lowest BCUT2D eigenvalue weighted by molar-refractivity contribution is -0.129. The topological polar surface area (TPSA) is 38.1 Å². The van der Waals surface area contributed by atoms with Gasteiger partial charge in [0.05, 0.1) is 5.25 Å². The number of aromatic nitrogens is 2. The van der Waals surface area contributed by atoms with Crippen molar-refractivity contribution in [3.63, 3.8) is 0 Å². The summed E-state index contributed by atoms with van der Waals surface area (Å²) in [5.41, 5.74) is 0. The van der Waals surface area contributed by atoms with Crippen molar-refractivity contribution in [2.45, 2.75) is 49.1 Å². The molecular weight excluding hydrogens is 246 g/mol. The second-order valence-corrected chi connectivity index (χ2v) is 6.45. The predicted molar refractivity (Wildman–Crippen MR) is 71.6 cm³/mol. The standard InChI is InChI=1S/C13H19N3OS/c1-10(12(17)15-7-2-3-8-15)18-13-14-6-9-16(13)11-4-5-11/h6,9-11H,2-5,7-8H2,1H3/t10-/m1/s1. The summed E-state index contributed by atoms with van der Waals surface area (Å²) >= 11 is 1.60. The highest BCUT2D eigenvalue weighted by molar-refractivity contribution is 8.00. The van der Waals surface area contributed by atoms with Crippen LogP contribution in [0.3, 0.4) is 0 Å². The van der Waals surface area contributed by atoms with E-state index < -0.39 is 0 Å². The van der Waals surface area contributed by atoms with Crippen LogP contribution in [0.1, 0.15) is 38.6 Å². The van der Waals surface area contributed by atoms with Crippen LogP contribution in [-0.2, 0) is 4.79 Å². The molecule has 0 N–H and O–H groups in total. The number of likely N-dealkylation sites (tertiary alicyclic amines) is 1. The van der Waals surface area contributed by atoms with E-state index in [1.807, 2.05) is 24.2 Å². The van der Waals surface area contributed by atoms with E-state index >= 15 is 0 Å². The van der Waals surface area contributed by atoms with E-state index in [0.717, 1.165) is 31.1 Å². The monoisotopic (exact) mass is 265 g/mol. The van der Waals surface area contributed by atoms with Crippen LogP contribution < -0.4 is 0 Å². The van der Waals surface area contributed by atoms with Crippen LogP contribution in [-0.4, -0.2) is 38.7 Å². The van der Waals surface area contributed by atoms with Crippen molar-refractivity contribution < 1.29 is 4.79 Å². The first-order valence-corrected chi connectivity index (χ1v) is 7.62. The molecule has 1 aromatic heterocycles. The van der Waals surface area contributed by atoms with Crippen LogP contribution in [0.2, 0.25) is 0 Å².